The van der Waals surface area contributed by atoms with Crippen LogP contribution in [0.4, 0.5) is 0 Å². The van der Waals surface area contributed by atoms with Crippen LogP contribution in [0.2, 0.25) is 0 Å². The van der Waals surface area contributed by atoms with Crippen LogP contribution in [0.15, 0.2) is 12.3 Å². The first-order valence-corrected chi connectivity index (χ1v) is 5.66. The Morgan fingerprint density at radius 1 is 1.62 bits per heavy atom. The summed E-state index contributed by atoms with van der Waals surface area (Å²) in [7, 11) is 1.59. The van der Waals surface area contributed by atoms with Crippen LogP contribution in [0.5, 0.6) is 0 Å². The van der Waals surface area contributed by atoms with E-state index in [4.69, 9.17) is 4.74 Å². The second-order valence-corrected chi connectivity index (χ2v) is 3.71. The zero-order valence-corrected chi connectivity index (χ0v) is 10.0. The van der Waals surface area contributed by atoms with E-state index in [1.165, 1.54) is 5.69 Å². The van der Waals surface area contributed by atoms with Gasteiger partial charge in [-0.05, 0) is 26.0 Å². The van der Waals surface area contributed by atoms with Gasteiger partial charge in [-0.3, -0.25) is 4.68 Å². The third-order valence-electron chi connectivity index (χ3n) is 2.42. The van der Waals surface area contributed by atoms with Crippen molar-refractivity contribution >= 4 is 0 Å². The number of nitrogens with one attached hydrogen (secondary N) is 1. The minimum Gasteiger partial charge on any atom is -0.391 e. The molecule has 1 heterocycles. The molecule has 5 nitrogen and oxygen atoms in total. The van der Waals surface area contributed by atoms with Crippen LogP contribution in [0, 0.1) is 0 Å². The van der Waals surface area contributed by atoms with Crippen molar-refractivity contribution in [2.24, 2.45) is 0 Å². The first kappa shape index (κ1) is 13.2. The van der Waals surface area contributed by atoms with E-state index in [9.17, 15) is 5.11 Å². The van der Waals surface area contributed by atoms with Crippen molar-refractivity contribution in [3.63, 3.8) is 0 Å². The summed E-state index contributed by atoms with van der Waals surface area (Å²) in [5.41, 5.74) is 1.17. The molecule has 0 aromatic carbocycles. The summed E-state index contributed by atoms with van der Waals surface area (Å²) in [6.07, 6.45) is 2.13. The first-order valence-electron chi connectivity index (χ1n) is 5.66. The number of hydrogen-bond acceptors (Lipinski definition) is 4. The van der Waals surface area contributed by atoms with Gasteiger partial charge in [0, 0.05) is 26.4 Å². The normalized spacial score (nSPS) is 12.9. The van der Waals surface area contributed by atoms with Gasteiger partial charge in [-0.15, -0.1) is 0 Å². The highest BCUT2D eigenvalue weighted by Gasteiger charge is 2.03. The number of methoxy groups -OCH3 is 1. The van der Waals surface area contributed by atoms with Gasteiger partial charge in [-0.25, -0.2) is 0 Å². The summed E-state index contributed by atoms with van der Waals surface area (Å²) >= 11 is 0. The number of aromatic nitrogens is 2. The third-order valence-corrected chi connectivity index (χ3v) is 2.42. The van der Waals surface area contributed by atoms with Gasteiger partial charge in [0.15, 0.2) is 0 Å². The third kappa shape index (κ3) is 4.30. The number of nitrogens with zero attached hydrogens (tertiary/aromatic N) is 2. The molecule has 5 heteroatoms. The summed E-state index contributed by atoms with van der Waals surface area (Å²) in [6.45, 7) is 4.91. The van der Waals surface area contributed by atoms with E-state index in [0.29, 0.717) is 13.0 Å². The van der Waals surface area contributed by atoms with Crippen molar-refractivity contribution < 1.29 is 9.84 Å². The maximum atomic E-state index is 9.42. The predicted molar refractivity (Wildman–Crippen MR) is 62.1 cm³/mol. The zero-order chi connectivity index (χ0) is 11.8. The van der Waals surface area contributed by atoms with Gasteiger partial charge in [-0.1, -0.05) is 0 Å². The Kier molecular flexibility index (Phi) is 6.07. The fourth-order valence-electron chi connectivity index (χ4n) is 1.56. The number of ether oxygens (including phenoxy) is 1. The molecule has 0 bridgehead atoms. The van der Waals surface area contributed by atoms with E-state index in [1.807, 2.05) is 10.7 Å². The average molecular weight is 227 g/mol. The maximum Gasteiger partial charge on any atom is 0.0785 e. The molecule has 92 valence electrons. The molecule has 1 atom stereocenters. The molecule has 0 aliphatic carbocycles. The summed E-state index contributed by atoms with van der Waals surface area (Å²) < 4.78 is 6.81. The fourth-order valence-corrected chi connectivity index (χ4v) is 1.56. The van der Waals surface area contributed by atoms with Gasteiger partial charge in [0.1, 0.15) is 0 Å². The number of aliphatic hydroxyl groups excluding tert-OH is 1. The first-order chi connectivity index (χ1) is 7.77. The predicted octanol–water partition coefficient (Wildman–Crippen LogP) is 0.390. The van der Waals surface area contributed by atoms with Crippen molar-refractivity contribution in [2.45, 2.75) is 32.5 Å². The second-order valence-electron chi connectivity index (χ2n) is 3.71. The van der Waals surface area contributed by atoms with Gasteiger partial charge < -0.3 is 15.2 Å². The molecule has 0 saturated carbocycles. The second kappa shape index (κ2) is 7.38. The van der Waals surface area contributed by atoms with Crippen LogP contribution >= 0.6 is 0 Å². The van der Waals surface area contributed by atoms with E-state index in [-0.39, 0.29) is 6.10 Å². The molecule has 16 heavy (non-hydrogen) atoms. The molecule has 0 saturated heterocycles. The Morgan fingerprint density at radius 2 is 2.44 bits per heavy atom. The highest BCUT2D eigenvalue weighted by atomic mass is 16.5. The summed E-state index contributed by atoms with van der Waals surface area (Å²) in [4.78, 5) is 0. The number of rotatable bonds is 8. The topological polar surface area (TPSA) is 59.3 Å². The van der Waals surface area contributed by atoms with Crippen molar-refractivity contribution in [3.05, 3.63) is 18.0 Å². The quantitative estimate of drug-likeness (QED) is 0.631. The van der Waals surface area contributed by atoms with E-state index < -0.39 is 0 Å². The van der Waals surface area contributed by atoms with E-state index in [2.05, 4.69) is 17.3 Å². The molecule has 0 spiro atoms. The molecule has 0 aliphatic rings. The van der Waals surface area contributed by atoms with Crippen LogP contribution in [0.25, 0.3) is 0 Å². The Morgan fingerprint density at radius 3 is 3.12 bits per heavy atom. The van der Waals surface area contributed by atoms with Gasteiger partial charge in [0.05, 0.1) is 18.4 Å². The largest absolute Gasteiger partial charge is 0.391 e. The number of aliphatic hydroxyl groups is 1. The summed E-state index contributed by atoms with van der Waals surface area (Å²) in [5, 5.41) is 16.9. The number of hydrogen-bond donors (Lipinski definition) is 2. The van der Waals surface area contributed by atoms with E-state index in [1.54, 1.807) is 13.3 Å². The SMILES string of the molecule is CCn1nccc1CNCCC(O)COC. The van der Waals surface area contributed by atoms with Gasteiger partial charge in [0.2, 0.25) is 0 Å². The number of aryl methyl sites for hydroxylation is 1. The molecule has 0 aliphatic heterocycles. The van der Waals surface area contributed by atoms with Crippen LogP contribution in [-0.4, -0.2) is 41.3 Å². The standard InChI is InChI=1S/C11H21N3O2/c1-3-14-10(4-7-13-14)8-12-6-5-11(15)9-16-2/h4,7,11-12,15H,3,5-6,8-9H2,1-2H3. The van der Waals surface area contributed by atoms with E-state index >= 15 is 0 Å². The summed E-state index contributed by atoms with van der Waals surface area (Å²) in [6, 6.07) is 2.00. The Balaban J connectivity index is 2.16. The molecule has 1 aromatic rings. The van der Waals surface area contributed by atoms with Crippen molar-refractivity contribution in [1.82, 2.24) is 15.1 Å². The lowest BCUT2D eigenvalue weighted by molar-refractivity contribution is 0.0594. The molecule has 0 amide bonds. The smallest absolute Gasteiger partial charge is 0.0785 e. The average Bonchev–Trinajstić information content (AvgIpc) is 2.72. The Bertz CT molecular complexity index is 289. The lowest BCUT2D eigenvalue weighted by Gasteiger charge is -2.10. The molecule has 1 aromatic heterocycles. The molecule has 2 N–H and O–H groups in total. The van der Waals surface area contributed by atoms with E-state index in [0.717, 1.165) is 19.6 Å². The maximum absolute atomic E-state index is 9.42. The van der Waals surface area contributed by atoms with Gasteiger partial charge in [-0.2, -0.15) is 5.10 Å². The van der Waals surface area contributed by atoms with Gasteiger partial charge >= 0.3 is 0 Å². The van der Waals surface area contributed by atoms with Crippen LogP contribution in [-0.2, 0) is 17.8 Å². The Hall–Kier alpha value is -0.910. The molecule has 0 radical (unpaired) electrons. The van der Waals surface area contributed by atoms with Crippen molar-refractivity contribution in [2.75, 3.05) is 20.3 Å². The molecule has 1 unspecified atom stereocenters. The highest BCUT2D eigenvalue weighted by molar-refractivity contribution is 4.99. The van der Waals surface area contributed by atoms with Crippen LogP contribution < -0.4 is 5.32 Å². The highest BCUT2D eigenvalue weighted by Crippen LogP contribution is 1.98. The van der Waals surface area contributed by atoms with Crippen LogP contribution in [0.1, 0.15) is 19.0 Å². The monoisotopic (exact) mass is 227 g/mol. The van der Waals surface area contributed by atoms with Crippen molar-refractivity contribution in [1.29, 1.82) is 0 Å². The minimum atomic E-state index is -0.381. The molecule has 1 rings (SSSR count). The molecular weight excluding hydrogens is 206 g/mol. The summed E-state index contributed by atoms with van der Waals surface area (Å²) in [5.74, 6) is 0. The zero-order valence-electron chi connectivity index (χ0n) is 10.0. The minimum absolute atomic E-state index is 0.381. The lowest BCUT2D eigenvalue weighted by Crippen LogP contribution is -2.24. The van der Waals surface area contributed by atoms with Crippen LogP contribution in [0.3, 0.4) is 0 Å². The van der Waals surface area contributed by atoms with Gasteiger partial charge in [0.25, 0.3) is 0 Å². The fraction of sp³-hybridized carbons (Fsp3) is 0.727. The molecular formula is C11H21N3O2. The molecule has 0 fully saturated rings. The Labute approximate surface area is 96.4 Å². The van der Waals surface area contributed by atoms with Crippen molar-refractivity contribution in [3.8, 4) is 0 Å². The lowest BCUT2D eigenvalue weighted by atomic mass is 10.2.